The van der Waals surface area contributed by atoms with Gasteiger partial charge in [-0.2, -0.15) is 5.26 Å². The largest absolute Gasteiger partial charge is 0.480 e. The van der Waals surface area contributed by atoms with Crippen LogP contribution in [-0.2, 0) is 15.0 Å². The number of rotatable bonds is 7. The number of hydrogen-bond acceptors (Lipinski definition) is 5. The zero-order chi connectivity index (χ0) is 32.7. The van der Waals surface area contributed by atoms with E-state index in [1.807, 2.05) is 25.7 Å². The van der Waals surface area contributed by atoms with Crippen molar-refractivity contribution in [2.24, 2.45) is 5.41 Å². The molecule has 2 aliphatic rings. The van der Waals surface area contributed by atoms with E-state index in [2.05, 4.69) is 16.7 Å². The fourth-order valence-corrected chi connectivity index (χ4v) is 7.19. The van der Waals surface area contributed by atoms with Gasteiger partial charge >= 0.3 is 5.97 Å². The molecule has 2 unspecified atom stereocenters. The van der Waals surface area contributed by atoms with Gasteiger partial charge in [-0.25, -0.2) is 13.6 Å². The van der Waals surface area contributed by atoms with Crippen molar-refractivity contribution in [3.8, 4) is 6.07 Å². The Morgan fingerprint density at radius 2 is 1.84 bits per heavy atom. The van der Waals surface area contributed by atoms with Gasteiger partial charge in [-0.05, 0) is 72.7 Å². The lowest BCUT2D eigenvalue weighted by molar-refractivity contribution is -0.138. The predicted molar refractivity (Wildman–Crippen MR) is 171 cm³/mol. The minimum absolute atomic E-state index is 0.00113. The normalized spacial score (nSPS) is 24.8. The Balaban J connectivity index is 1.58. The highest BCUT2D eigenvalue weighted by Gasteiger charge is 2.61. The molecule has 7 nitrogen and oxygen atoms in total. The lowest BCUT2D eigenvalue weighted by Gasteiger charge is -2.37. The molecule has 0 radical (unpaired) electrons. The van der Waals surface area contributed by atoms with E-state index in [9.17, 15) is 20.0 Å². The van der Waals surface area contributed by atoms with Crippen LogP contribution in [0.5, 0.6) is 0 Å². The molecule has 11 heteroatoms. The molecule has 0 aliphatic carbocycles. The number of hydrogen-bond donors (Lipinski definition) is 3. The molecule has 2 fully saturated rings. The summed E-state index contributed by atoms with van der Waals surface area (Å²) in [5.74, 6) is -4.17. The van der Waals surface area contributed by atoms with Gasteiger partial charge in [0.1, 0.15) is 23.1 Å². The summed E-state index contributed by atoms with van der Waals surface area (Å²) in [4.78, 5) is 27.6. The third-order valence-electron chi connectivity index (χ3n) is 8.74. The van der Waals surface area contributed by atoms with Gasteiger partial charge in [0, 0.05) is 40.5 Å². The maximum atomic E-state index is 15.9. The van der Waals surface area contributed by atoms with Crippen molar-refractivity contribution in [3.63, 3.8) is 0 Å². The first-order valence-electron chi connectivity index (χ1n) is 14.7. The van der Waals surface area contributed by atoms with Crippen molar-refractivity contribution in [1.82, 2.24) is 5.32 Å². The van der Waals surface area contributed by atoms with E-state index in [0.717, 1.165) is 12.5 Å². The highest BCUT2D eigenvalue weighted by Crippen LogP contribution is 2.53. The lowest BCUT2D eigenvalue weighted by atomic mass is 9.62. The molecule has 5 rings (SSSR count). The van der Waals surface area contributed by atoms with Crippen molar-refractivity contribution in [1.29, 1.82) is 5.26 Å². The predicted octanol–water partition coefficient (Wildman–Crippen LogP) is 7.29. The monoisotopic (exact) mass is 654 g/mol. The second-order valence-electron chi connectivity index (χ2n) is 12.9. The third-order valence-corrected chi connectivity index (χ3v) is 9.26. The zero-order valence-electron chi connectivity index (χ0n) is 25.1. The first kappa shape index (κ1) is 32.7. The molecule has 0 aromatic heterocycles. The Labute approximate surface area is 271 Å². The molecule has 0 saturated carbocycles. The topological polar surface area (TPSA) is 105 Å². The summed E-state index contributed by atoms with van der Waals surface area (Å²) in [5.41, 5.74) is -0.972. The van der Waals surface area contributed by atoms with Crippen LogP contribution in [-0.4, -0.2) is 41.7 Å². The average Bonchev–Trinajstić information content (AvgIpc) is 3.58. The molecule has 2 saturated heterocycles. The maximum absolute atomic E-state index is 15.9. The van der Waals surface area contributed by atoms with Crippen LogP contribution in [0.25, 0.3) is 0 Å². The molecule has 3 N–H and O–H groups in total. The van der Waals surface area contributed by atoms with Crippen LogP contribution in [0.4, 0.5) is 20.2 Å². The second-order valence-corrected chi connectivity index (χ2v) is 13.8. The van der Waals surface area contributed by atoms with Crippen LogP contribution < -0.4 is 15.5 Å². The smallest absolute Gasteiger partial charge is 0.326 e. The number of nitriles is 1. The van der Waals surface area contributed by atoms with Gasteiger partial charge < -0.3 is 20.6 Å². The van der Waals surface area contributed by atoms with Crippen LogP contribution in [0.15, 0.2) is 60.7 Å². The van der Waals surface area contributed by atoms with E-state index in [1.54, 1.807) is 24.3 Å². The van der Waals surface area contributed by atoms with Crippen LogP contribution in [0.1, 0.15) is 57.1 Å². The third kappa shape index (κ3) is 6.24. The first-order chi connectivity index (χ1) is 21.3. The fraction of sp³-hybridized carbons (Fsp3) is 0.382. The Kier molecular flexibility index (Phi) is 9.14. The average molecular weight is 656 g/mol. The van der Waals surface area contributed by atoms with Gasteiger partial charge in [0.2, 0.25) is 5.91 Å². The number of halogens is 4. The molecule has 1 amide bonds. The van der Waals surface area contributed by atoms with E-state index in [4.69, 9.17) is 23.2 Å². The van der Waals surface area contributed by atoms with E-state index >= 15 is 8.78 Å². The van der Waals surface area contributed by atoms with Gasteiger partial charge in [0.15, 0.2) is 0 Å². The van der Waals surface area contributed by atoms with Crippen molar-refractivity contribution in [2.75, 3.05) is 16.8 Å². The molecular formula is C34H34Cl2F2N4O3. The molecule has 3 aromatic rings. The van der Waals surface area contributed by atoms with Gasteiger partial charge in [-0.3, -0.25) is 4.79 Å². The van der Waals surface area contributed by atoms with Crippen molar-refractivity contribution in [3.05, 3.63) is 93.5 Å². The Morgan fingerprint density at radius 1 is 1.13 bits per heavy atom. The van der Waals surface area contributed by atoms with Crippen LogP contribution in [0.2, 0.25) is 10.0 Å². The Bertz CT molecular complexity index is 1660. The molecule has 45 heavy (non-hydrogen) atoms. The minimum Gasteiger partial charge on any atom is -0.480 e. The standard InChI is InChI=1S/C34H34Cl2F2N4O3/c1-33(2,3)17-27-34(18-39,23-14-9-19(35)16-25(23)37)28(22-6-4-7-24(36)29(22)38)30(41-27)31(43)40-20-10-12-21(13-11-20)42-15-5-8-26(42)32(44)45/h4,6-7,9-14,16,26-28,30,41H,5,8,15,17H2,1-3H3,(H,40,43)(H,44,45)/t26?,27-,28?,30+,34-/m0/s1. The van der Waals surface area contributed by atoms with Crippen LogP contribution in [0.3, 0.4) is 0 Å². The van der Waals surface area contributed by atoms with Crippen LogP contribution >= 0.6 is 23.2 Å². The molecule has 5 atom stereocenters. The molecule has 2 aliphatic heterocycles. The maximum Gasteiger partial charge on any atom is 0.326 e. The number of amides is 1. The highest BCUT2D eigenvalue weighted by atomic mass is 35.5. The summed E-state index contributed by atoms with van der Waals surface area (Å²) in [6.07, 6.45) is 1.66. The number of carbonyl (C=O) groups is 2. The summed E-state index contributed by atoms with van der Waals surface area (Å²) in [5, 5.41) is 26.7. The van der Waals surface area contributed by atoms with Gasteiger partial charge in [0.25, 0.3) is 0 Å². The van der Waals surface area contributed by atoms with E-state index in [1.165, 1.54) is 30.3 Å². The molecule has 0 spiro atoms. The zero-order valence-corrected chi connectivity index (χ0v) is 26.6. The van der Waals surface area contributed by atoms with E-state index < -0.39 is 53.0 Å². The Morgan fingerprint density at radius 3 is 2.47 bits per heavy atom. The summed E-state index contributed by atoms with van der Waals surface area (Å²) < 4.78 is 31.7. The number of nitrogens with zero attached hydrogens (tertiary/aromatic N) is 2. The van der Waals surface area contributed by atoms with Crippen molar-refractivity contribution < 1.29 is 23.5 Å². The summed E-state index contributed by atoms with van der Waals surface area (Å²) in [6, 6.07) is 15.0. The molecule has 3 aromatic carbocycles. The van der Waals surface area contributed by atoms with Crippen molar-refractivity contribution >= 4 is 46.5 Å². The Hall–Kier alpha value is -3.71. The van der Waals surface area contributed by atoms with Gasteiger partial charge in [-0.15, -0.1) is 0 Å². The number of nitrogens with one attached hydrogen (secondary N) is 2. The number of aliphatic carboxylic acids is 1. The summed E-state index contributed by atoms with van der Waals surface area (Å²) in [7, 11) is 0. The molecule has 236 valence electrons. The number of benzene rings is 3. The van der Waals surface area contributed by atoms with Gasteiger partial charge in [0.05, 0.1) is 17.1 Å². The second kappa shape index (κ2) is 12.6. The van der Waals surface area contributed by atoms with Crippen LogP contribution in [0, 0.1) is 28.4 Å². The van der Waals surface area contributed by atoms with E-state index in [-0.39, 0.29) is 26.6 Å². The summed E-state index contributed by atoms with van der Waals surface area (Å²) in [6.45, 7) is 6.50. The van der Waals surface area contributed by atoms with Gasteiger partial charge in [-0.1, -0.05) is 62.2 Å². The SMILES string of the molecule is CC(C)(C)C[C@@H]1N[C@@H](C(=O)Nc2ccc(N3CCCC3C(=O)O)cc2)C(c2cccc(Cl)c2F)[C@@]1(C#N)c1ccc(Cl)cc1F. The quantitative estimate of drug-likeness (QED) is 0.247. The molecule has 2 heterocycles. The summed E-state index contributed by atoms with van der Waals surface area (Å²) >= 11 is 12.3. The van der Waals surface area contributed by atoms with Crippen molar-refractivity contribution in [2.45, 2.75) is 69.5 Å². The number of carboxylic acids is 1. The fourth-order valence-electron chi connectivity index (χ4n) is 6.85. The minimum atomic E-state index is -1.74. The number of carboxylic acid groups (broad SMARTS) is 1. The first-order valence-corrected chi connectivity index (χ1v) is 15.5. The number of anilines is 2. The highest BCUT2D eigenvalue weighted by molar-refractivity contribution is 6.31. The number of carbonyl (C=O) groups excluding carboxylic acids is 1. The molecular weight excluding hydrogens is 621 g/mol. The molecule has 0 bridgehead atoms. The lowest BCUT2D eigenvalue weighted by Crippen LogP contribution is -2.45. The van der Waals surface area contributed by atoms with E-state index in [0.29, 0.717) is 30.8 Å².